The average Bonchev–Trinajstić information content (AvgIpc) is 2.64. The molecule has 0 amide bonds. The maximum Gasteiger partial charge on any atom is 0.170 e. The van der Waals surface area contributed by atoms with Gasteiger partial charge in [0.05, 0.1) is 12.0 Å². The summed E-state index contributed by atoms with van der Waals surface area (Å²) in [6, 6.07) is 22.9. The van der Waals surface area contributed by atoms with Crippen molar-refractivity contribution >= 4 is 5.78 Å². The monoisotopic (exact) mass is 330 g/mol. The highest BCUT2D eigenvalue weighted by Gasteiger charge is 2.29. The second-order valence-electron chi connectivity index (χ2n) is 6.25. The van der Waals surface area contributed by atoms with E-state index in [-0.39, 0.29) is 18.0 Å². The van der Waals surface area contributed by atoms with Crippen LogP contribution < -0.4 is 4.74 Å². The van der Waals surface area contributed by atoms with Crippen LogP contribution in [0.15, 0.2) is 72.8 Å². The molecule has 3 nitrogen and oxygen atoms in total. The van der Waals surface area contributed by atoms with Crippen LogP contribution in [0.2, 0.25) is 0 Å². The molecule has 0 saturated heterocycles. The van der Waals surface area contributed by atoms with Crippen molar-refractivity contribution in [2.75, 3.05) is 0 Å². The highest BCUT2D eigenvalue weighted by atomic mass is 16.5. The molecule has 4 rings (SSSR count). The normalized spacial score (nSPS) is 16.2. The number of ketones is 1. The summed E-state index contributed by atoms with van der Waals surface area (Å²) in [6.45, 7) is 0. The van der Waals surface area contributed by atoms with Gasteiger partial charge < -0.3 is 9.84 Å². The average molecular weight is 330 g/mol. The number of para-hydroxylation sites is 2. The molecule has 0 spiro atoms. The Bertz CT molecular complexity index is 916. The van der Waals surface area contributed by atoms with Gasteiger partial charge in [-0.05, 0) is 23.3 Å². The van der Waals surface area contributed by atoms with Crippen LogP contribution in [0.5, 0.6) is 11.5 Å². The van der Waals surface area contributed by atoms with Crippen LogP contribution in [0.1, 0.15) is 39.6 Å². The molecule has 0 bridgehead atoms. The molecule has 1 aliphatic rings. The summed E-state index contributed by atoms with van der Waals surface area (Å²) in [5, 5.41) is 10.7. The first-order chi connectivity index (χ1) is 12.2. The van der Waals surface area contributed by atoms with Crippen LogP contribution >= 0.6 is 0 Å². The lowest BCUT2D eigenvalue weighted by atomic mass is 9.93. The summed E-state index contributed by atoms with van der Waals surface area (Å²) < 4.78 is 5.99. The largest absolute Gasteiger partial charge is 0.507 e. The molecule has 3 aromatic carbocycles. The third-order valence-corrected chi connectivity index (χ3v) is 4.56. The second kappa shape index (κ2) is 6.44. The van der Waals surface area contributed by atoms with Gasteiger partial charge in [-0.2, -0.15) is 0 Å². The van der Waals surface area contributed by atoms with Crippen molar-refractivity contribution in [2.24, 2.45) is 0 Å². The predicted octanol–water partition coefficient (Wildman–Crippen LogP) is 4.69. The van der Waals surface area contributed by atoms with Crippen molar-refractivity contribution in [3.63, 3.8) is 0 Å². The second-order valence-corrected chi connectivity index (χ2v) is 6.25. The van der Waals surface area contributed by atoms with E-state index in [1.165, 1.54) is 0 Å². The molecular formula is C22H18O3. The maximum atomic E-state index is 12.4. The molecule has 25 heavy (non-hydrogen) atoms. The summed E-state index contributed by atoms with van der Waals surface area (Å²) in [6.07, 6.45) is 0.412. The number of fused-ring (bicyclic) bond motifs is 1. The zero-order valence-corrected chi connectivity index (χ0v) is 13.7. The van der Waals surface area contributed by atoms with E-state index in [1.54, 1.807) is 12.1 Å². The molecule has 1 unspecified atom stereocenters. The molecule has 0 saturated carbocycles. The van der Waals surface area contributed by atoms with E-state index in [0.29, 0.717) is 23.3 Å². The van der Waals surface area contributed by atoms with E-state index in [0.717, 1.165) is 11.1 Å². The topological polar surface area (TPSA) is 46.5 Å². The molecule has 0 radical (unpaired) electrons. The molecule has 0 fully saturated rings. The summed E-state index contributed by atoms with van der Waals surface area (Å²) in [5.41, 5.74) is 3.23. The van der Waals surface area contributed by atoms with Gasteiger partial charge in [0.15, 0.2) is 5.78 Å². The number of benzene rings is 3. The lowest BCUT2D eigenvalue weighted by molar-refractivity contribution is 0.0847. The van der Waals surface area contributed by atoms with Gasteiger partial charge in [-0.15, -0.1) is 0 Å². The number of hydrogen-bond donors (Lipinski definition) is 1. The molecule has 3 aromatic rings. The zero-order chi connectivity index (χ0) is 17.2. The fourth-order valence-electron chi connectivity index (χ4n) is 3.28. The van der Waals surface area contributed by atoms with Gasteiger partial charge in [0.25, 0.3) is 0 Å². The minimum Gasteiger partial charge on any atom is -0.507 e. The molecule has 1 N–H and O–H groups in total. The SMILES string of the molecule is O=C1CC(c2cccc(Cc3ccccc3)c2O)Oc2ccccc21. The number of carbonyl (C=O) groups excluding carboxylic acids is 1. The Balaban J connectivity index is 1.66. The van der Waals surface area contributed by atoms with Crippen molar-refractivity contribution in [1.29, 1.82) is 0 Å². The van der Waals surface area contributed by atoms with Crippen LogP contribution in [0.3, 0.4) is 0 Å². The van der Waals surface area contributed by atoms with Crippen LogP contribution in [0.25, 0.3) is 0 Å². The Morgan fingerprint density at radius 3 is 2.52 bits per heavy atom. The van der Waals surface area contributed by atoms with E-state index in [9.17, 15) is 9.90 Å². The van der Waals surface area contributed by atoms with Crippen molar-refractivity contribution in [3.8, 4) is 11.5 Å². The zero-order valence-electron chi connectivity index (χ0n) is 13.7. The number of carbonyl (C=O) groups is 1. The highest BCUT2D eigenvalue weighted by molar-refractivity contribution is 6.00. The van der Waals surface area contributed by atoms with E-state index in [1.807, 2.05) is 60.7 Å². The number of Topliss-reactive ketones (excluding diaryl/α,β-unsaturated/α-hetero) is 1. The molecule has 0 aliphatic carbocycles. The van der Waals surface area contributed by atoms with Gasteiger partial charge in [0.2, 0.25) is 0 Å². The Labute approximate surface area is 146 Å². The predicted molar refractivity (Wildman–Crippen MR) is 96.1 cm³/mol. The summed E-state index contributed by atoms with van der Waals surface area (Å²) >= 11 is 0. The molecule has 3 heteroatoms. The number of phenols is 1. The Hall–Kier alpha value is -3.07. The third kappa shape index (κ3) is 3.01. The standard InChI is InChI=1S/C22H18O3/c23-19-14-21(25-20-12-5-4-10-17(19)20)18-11-6-9-16(22(18)24)13-15-7-2-1-3-8-15/h1-12,21,24H,13-14H2. The minimum atomic E-state index is -0.460. The number of phenolic OH excluding ortho intramolecular Hbond substituents is 1. The van der Waals surface area contributed by atoms with Crippen molar-refractivity contribution in [3.05, 3.63) is 95.1 Å². The molecular weight excluding hydrogens is 312 g/mol. The summed E-state index contributed by atoms with van der Waals surface area (Å²) in [5.74, 6) is 0.833. The Kier molecular flexibility index (Phi) is 3.98. The van der Waals surface area contributed by atoms with E-state index >= 15 is 0 Å². The van der Waals surface area contributed by atoms with Gasteiger partial charge in [-0.1, -0.05) is 60.7 Å². The number of ether oxygens (including phenoxy) is 1. The summed E-state index contributed by atoms with van der Waals surface area (Å²) in [7, 11) is 0. The van der Waals surface area contributed by atoms with Crippen LogP contribution in [-0.2, 0) is 6.42 Å². The molecule has 1 atom stereocenters. The number of rotatable bonds is 3. The number of hydrogen-bond acceptors (Lipinski definition) is 3. The van der Waals surface area contributed by atoms with Gasteiger partial charge in [-0.25, -0.2) is 0 Å². The smallest absolute Gasteiger partial charge is 0.170 e. The van der Waals surface area contributed by atoms with Gasteiger partial charge in [0.1, 0.15) is 17.6 Å². The minimum absolute atomic E-state index is 0.0414. The van der Waals surface area contributed by atoms with Crippen LogP contribution in [0, 0.1) is 0 Å². The number of aromatic hydroxyl groups is 1. The molecule has 124 valence electrons. The van der Waals surface area contributed by atoms with E-state index < -0.39 is 6.10 Å². The van der Waals surface area contributed by atoms with Crippen molar-refractivity contribution in [1.82, 2.24) is 0 Å². The highest BCUT2D eigenvalue weighted by Crippen LogP contribution is 2.39. The van der Waals surface area contributed by atoms with Gasteiger partial charge >= 0.3 is 0 Å². The quantitative estimate of drug-likeness (QED) is 0.758. The first kappa shape index (κ1) is 15.5. The lowest BCUT2D eigenvalue weighted by Gasteiger charge is -2.26. The fraction of sp³-hybridized carbons (Fsp3) is 0.136. The molecule has 0 aromatic heterocycles. The van der Waals surface area contributed by atoms with E-state index in [4.69, 9.17) is 4.74 Å². The first-order valence-electron chi connectivity index (χ1n) is 8.36. The molecule has 1 heterocycles. The van der Waals surface area contributed by atoms with Crippen LogP contribution in [-0.4, -0.2) is 10.9 Å². The van der Waals surface area contributed by atoms with Crippen LogP contribution in [0.4, 0.5) is 0 Å². The molecule has 1 aliphatic heterocycles. The Morgan fingerprint density at radius 2 is 1.68 bits per heavy atom. The summed E-state index contributed by atoms with van der Waals surface area (Å²) in [4.78, 5) is 12.4. The van der Waals surface area contributed by atoms with Gasteiger partial charge in [-0.3, -0.25) is 4.79 Å². The lowest BCUT2D eigenvalue weighted by Crippen LogP contribution is -2.20. The maximum absolute atomic E-state index is 12.4. The fourth-order valence-corrected chi connectivity index (χ4v) is 3.28. The Morgan fingerprint density at radius 1 is 0.920 bits per heavy atom. The first-order valence-corrected chi connectivity index (χ1v) is 8.36. The van der Waals surface area contributed by atoms with Gasteiger partial charge in [0, 0.05) is 12.0 Å². The van der Waals surface area contributed by atoms with E-state index in [2.05, 4.69) is 0 Å². The van der Waals surface area contributed by atoms with Crippen molar-refractivity contribution in [2.45, 2.75) is 18.9 Å². The third-order valence-electron chi connectivity index (χ3n) is 4.56. The van der Waals surface area contributed by atoms with Crippen molar-refractivity contribution < 1.29 is 14.6 Å².